The molecule has 0 fully saturated rings. The van der Waals surface area contributed by atoms with E-state index in [2.05, 4.69) is 12.2 Å². The van der Waals surface area contributed by atoms with Crippen LogP contribution in [0.4, 0.5) is 5.69 Å². The fraction of sp³-hybridized carbons (Fsp3) is 0.625. The molecule has 3 nitrogen and oxygen atoms in total. The largest absolute Gasteiger partial charge is 0.384 e. The second-order valence-electron chi connectivity index (χ2n) is 5.33. The maximum absolute atomic E-state index is 12.3. The number of sulfone groups is 1. The van der Waals surface area contributed by atoms with Gasteiger partial charge < -0.3 is 5.32 Å². The van der Waals surface area contributed by atoms with E-state index in [1.807, 2.05) is 19.1 Å². The van der Waals surface area contributed by atoms with Crippen molar-refractivity contribution in [1.29, 1.82) is 0 Å². The summed E-state index contributed by atoms with van der Waals surface area (Å²) in [6.07, 6.45) is 3.79. The Kier molecular flexibility index (Phi) is 8.12. The van der Waals surface area contributed by atoms with Gasteiger partial charge in [-0.25, -0.2) is 8.42 Å². The standard InChI is InChI=1S/C16H26ClNO2S/c1-3-7-14(10-11-17)13-18-15-8-5-6-9-16(15)21(19,20)12-4-2/h5-6,8-9,14,18H,3-4,7,10-13H2,1-2H3. The first-order chi connectivity index (χ1) is 10.0. The predicted octanol–water partition coefficient (Wildman–Crippen LogP) is 4.33. The first kappa shape index (κ1) is 18.3. The van der Waals surface area contributed by atoms with Crippen LogP contribution in [0.25, 0.3) is 0 Å². The van der Waals surface area contributed by atoms with Crippen molar-refractivity contribution >= 4 is 27.1 Å². The number of hydrogen-bond acceptors (Lipinski definition) is 3. The fourth-order valence-electron chi connectivity index (χ4n) is 2.43. The molecule has 1 unspecified atom stereocenters. The number of para-hydroxylation sites is 1. The first-order valence-electron chi connectivity index (χ1n) is 7.66. The quantitative estimate of drug-likeness (QED) is 0.649. The van der Waals surface area contributed by atoms with Crippen LogP contribution in [0.1, 0.15) is 39.5 Å². The van der Waals surface area contributed by atoms with Crippen molar-refractivity contribution in [3.8, 4) is 0 Å². The molecule has 0 aliphatic heterocycles. The number of anilines is 1. The molecule has 1 N–H and O–H groups in total. The van der Waals surface area contributed by atoms with Gasteiger partial charge in [0.1, 0.15) is 0 Å². The van der Waals surface area contributed by atoms with Crippen LogP contribution < -0.4 is 5.32 Å². The fourth-order valence-corrected chi connectivity index (χ4v) is 4.26. The Bertz CT molecular complexity index is 511. The molecular weight excluding hydrogens is 306 g/mol. The van der Waals surface area contributed by atoms with Crippen LogP contribution in [0.5, 0.6) is 0 Å². The molecule has 0 aliphatic carbocycles. The molecule has 0 bridgehead atoms. The summed E-state index contributed by atoms with van der Waals surface area (Å²) in [7, 11) is -3.20. The maximum atomic E-state index is 12.3. The van der Waals surface area contributed by atoms with Crippen LogP contribution >= 0.6 is 11.6 Å². The van der Waals surface area contributed by atoms with E-state index >= 15 is 0 Å². The lowest BCUT2D eigenvalue weighted by Crippen LogP contribution is -2.17. The molecular formula is C16H26ClNO2S. The Labute approximate surface area is 134 Å². The zero-order valence-electron chi connectivity index (χ0n) is 12.9. The van der Waals surface area contributed by atoms with E-state index < -0.39 is 9.84 Å². The Hall–Kier alpha value is -0.740. The van der Waals surface area contributed by atoms with Gasteiger partial charge in [0.2, 0.25) is 0 Å². The summed E-state index contributed by atoms with van der Waals surface area (Å²) in [5.41, 5.74) is 0.710. The van der Waals surface area contributed by atoms with Crippen molar-refractivity contribution in [3.05, 3.63) is 24.3 Å². The highest BCUT2D eigenvalue weighted by Crippen LogP contribution is 2.23. The van der Waals surface area contributed by atoms with E-state index in [1.54, 1.807) is 12.1 Å². The van der Waals surface area contributed by atoms with Crippen molar-refractivity contribution < 1.29 is 8.42 Å². The van der Waals surface area contributed by atoms with Crippen molar-refractivity contribution in [2.45, 2.75) is 44.4 Å². The SMILES string of the molecule is CCCC(CCCl)CNc1ccccc1S(=O)(=O)CCC. The van der Waals surface area contributed by atoms with Crippen molar-refractivity contribution in [1.82, 2.24) is 0 Å². The van der Waals surface area contributed by atoms with Crippen LogP contribution in [0.3, 0.4) is 0 Å². The minimum absolute atomic E-state index is 0.186. The highest BCUT2D eigenvalue weighted by atomic mass is 35.5. The monoisotopic (exact) mass is 331 g/mol. The van der Waals surface area contributed by atoms with Crippen LogP contribution in [-0.4, -0.2) is 26.6 Å². The highest BCUT2D eigenvalue weighted by molar-refractivity contribution is 7.91. The summed E-state index contributed by atoms with van der Waals surface area (Å²) in [6, 6.07) is 7.16. The number of nitrogens with one attached hydrogen (secondary N) is 1. The van der Waals surface area contributed by atoms with Gasteiger partial charge in [0.15, 0.2) is 9.84 Å². The van der Waals surface area contributed by atoms with Crippen LogP contribution in [0.2, 0.25) is 0 Å². The van der Waals surface area contributed by atoms with Gasteiger partial charge in [-0.05, 0) is 37.3 Å². The lowest BCUT2D eigenvalue weighted by atomic mass is 10.0. The molecule has 120 valence electrons. The average Bonchev–Trinajstić information content (AvgIpc) is 2.45. The summed E-state index contributed by atoms with van der Waals surface area (Å²) in [5, 5.41) is 3.31. The second kappa shape index (κ2) is 9.31. The van der Waals surface area contributed by atoms with Crippen LogP contribution in [0.15, 0.2) is 29.2 Å². The lowest BCUT2D eigenvalue weighted by molar-refractivity contribution is 0.490. The molecule has 0 spiro atoms. The minimum Gasteiger partial charge on any atom is -0.384 e. The molecule has 21 heavy (non-hydrogen) atoms. The average molecular weight is 332 g/mol. The Morgan fingerprint density at radius 2 is 1.86 bits per heavy atom. The van der Waals surface area contributed by atoms with Crippen molar-refractivity contribution in [2.24, 2.45) is 5.92 Å². The van der Waals surface area contributed by atoms with Crippen LogP contribution in [0, 0.1) is 5.92 Å². The summed E-state index contributed by atoms with van der Waals surface area (Å²) in [5.74, 6) is 1.31. The van der Waals surface area contributed by atoms with Gasteiger partial charge in [-0.3, -0.25) is 0 Å². The van der Waals surface area contributed by atoms with E-state index in [9.17, 15) is 8.42 Å². The van der Waals surface area contributed by atoms with Gasteiger partial charge in [-0.15, -0.1) is 11.6 Å². The molecule has 1 aromatic carbocycles. The Balaban J connectivity index is 2.84. The maximum Gasteiger partial charge on any atom is 0.180 e. The second-order valence-corrected chi connectivity index (χ2v) is 7.78. The molecule has 0 heterocycles. The summed E-state index contributed by atoms with van der Waals surface area (Å²) >= 11 is 5.84. The summed E-state index contributed by atoms with van der Waals surface area (Å²) in [4.78, 5) is 0.410. The van der Waals surface area contributed by atoms with Gasteiger partial charge in [-0.2, -0.15) is 0 Å². The van der Waals surface area contributed by atoms with E-state index in [0.717, 1.165) is 25.8 Å². The normalized spacial score (nSPS) is 13.1. The van der Waals surface area contributed by atoms with E-state index in [4.69, 9.17) is 11.6 Å². The van der Waals surface area contributed by atoms with E-state index in [0.29, 0.717) is 28.8 Å². The number of rotatable bonds is 10. The molecule has 1 aromatic rings. The Morgan fingerprint density at radius 1 is 1.14 bits per heavy atom. The zero-order valence-corrected chi connectivity index (χ0v) is 14.5. The van der Waals surface area contributed by atoms with Gasteiger partial charge in [0.05, 0.1) is 16.3 Å². The van der Waals surface area contributed by atoms with Gasteiger partial charge in [0, 0.05) is 12.4 Å². The molecule has 0 aliphatic rings. The smallest absolute Gasteiger partial charge is 0.180 e. The van der Waals surface area contributed by atoms with Crippen molar-refractivity contribution in [3.63, 3.8) is 0 Å². The van der Waals surface area contributed by atoms with E-state index in [-0.39, 0.29) is 5.75 Å². The number of alkyl halides is 1. The predicted molar refractivity (Wildman–Crippen MR) is 91.0 cm³/mol. The number of benzene rings is 1. The minimum atomic E-state index is -3.20. The zero-order chi connectivity index (χ0) is 15.7. The van der Waals surface area contributed by atoms with Crippen molar-refractivity contribution in [2.75, 3.05) is 23.5 Å². The topological polar surface area (TPSA) is 46.2 Å². The summed E-state index contributed by atoms with van der Waals surface area (Å²) < 4.78 is 24.6. The number of hydrogen-bond donors (Lipinski definition) is 1. The molecule has 0 saturated carbocycles. The van der Waals surface area contributed by atoms with Gasteiger partial charge >= 0.3 is 0 Å². The molecule has 0 amide bonds. The Morgan fingerprint density at radius 3 is 2.48 bits per heavy atom. The molecule has 5 heteroatoms. The van der Waals surface area contributed by atoms with Crippen LogP contribution in [-0.2, 0) is 9.84 Å². The molecule has 0 aromatic heterocycles. The molecule has 1 rings (SSSR count). The molecule has 0 radical (unpaired) electrons. The van der Waals surface area contributed by atoms with E-state index in [1.165, 1.54) is 0 Å². The molecule has 0 saturated heterocycles. The van der Waals surface area contributed by atoms with Gasteiger partial charge in [0.25, 0.3) is 0 Å². The van der Waals surface area contributed by atoms with Gasteiger partial charge in [-0.1, -0.05) is 32.4 Å². The number of halogens is 1. The third-order valence-corrected chi connectivity index (χ3v) is 5.68. The highest BCUT2D eigenvalue weighted by Gasteiger charge is 2.17. The first-order valence-corrected chi connectivity index (χ1v) is 9.85. The third-order valence-electron chi connectivity index (χ3n) is 3.49. The third kappa shape index (κ3) is 5.87. The lowest BCUT2D eigenvalue weighted by Gasteiger charge is -2.18. The molecule has 1 atom stereocenters. The summed E-state index contributed by atoms with van der Waals surface area (Å²) in [6.45, 7) is 4.80.